The summed E-state index contributed by atoms with van der Waals surface area (Å²) in [6, 6.07) is 0. The summed E-state index contributed by atoms with van der Waals surface area (Å²) in [6.07, 6.45) is 5.03. The van der Waals surface area contributed by atoms with Gasteiger partial charge in [-0.15, -0.1) is 0 Å². The molecular formula is C26H38O5. The van der Waals surface area contributed by atoms with Crippen molar-refractivity contribution in [2.24, 2.45) is 46.8 Å². The highest BCUT2D eigenvalue weighted by Gasteiger charge is 2.82. The molecular weight excluding hydrogens is 392 g/mol. The first-order valence-electron chi connectivity index (χ1n) is 11.8. The van der Waals surface area contributed by atoms with Gasteiger partial charge in [0, 0.05) is 29.1 Å². The maximum absolute atomic E-state index is 13.0. The van der Waals surface area contributed by atoms with E-state index >= 15 is 0 Å². The van der Waals surface area contributed by atoms with E-state index in [1.54, 1.807) is 0 Å². The van der Waals surface area contributed by atoms with E-state index in [-0.39, 0.29) is 65.2 Å². The monoisotopic (exact) mass is 430 g/mol. The third-order valence-corrected chi connectivity index (χ3v) is 9.46. The lowest BCUT2D eigenvalue weighted by Crippen LogP contribution is -2.56. The summed E-state index contributed by atoms with van der Waals surface area (Å²) < 4.78 is 6.29. The first-order chi connectivity index (χ1) is 14.3. The molecule has 0 spiro atoms. The van der Waals surface area contributed by atoms with Crippen LogP contribution in [0.1, 0.15) is 61.3 Å². The highest BCUT2D eigenvalue weighted by molar-refractivity contribution is 5.99. The number of aliphatic hydroxyl groups excluding tert-OH is 1. The normalized spacial score (nSPS) is 43.8. The number of hydrogen-bond donors (Lipinski definition) is 2. The van der Waals surface area contributed by atoms with Crippen LogP contribution >= 0.6 is 0 Å². The molecule has 4 aliphatic carbocycles. The Balaban J connectivity index is 1.78. The summed E-state index contributed by atoms with van der Waals surface area (Å²) in [5.41, 5.74) is -0.506. The van der Waals surface area contributed by atoms with Gasteiger partial charge in [-0.05, 0) is 42.7 Å². The molecule has 0 aromatic carbocycles. The van der Waals surface area contributed by atoms with Crippen molar-refractivity contribution in [3.63, 3.8) is 0 Å². The largest absolute Gasteiger partial charge is 0.458 e. The average Bonchev–Trinajstić information content (AvgIpc) is 3.07. The highest BCUT2D eigenvalue weighted by Crippen LogP contribution is 2.76. The summed E-state index contributed by atoms with van der Waals surface area (Å²) in [4.78, 5) is 25.9. The van der Waals surface area contributed by atoms with Crippen molar-refractivity contribution < 1.29 is 24.5 Å². The van der Waals surface area contributed by atoms with E-state index in [0.717, 1.165) is 5.57 Å². The molecule has 0 aliphatic heterocycles. The van der Waals surface area contributed by atoms with E-state index in [1.165, 1.54) is 0 Å². The lowest BCUT2D eigenvalue weighted by atomic mass is 9.61. The smallest absolute Gasteiger partial charge is 0.309 e. The molecule has 0 saturated heterocycles. The number of ether oxygens (including phenoxy) is 1. The number of esters is 1. The van der Waals surface area contributed by atoms with Crippen LogP contribution in [0.5, 0.6) is 0 Å². The lowest BCUT2D eigenvalue weighted by molar-refractivity contribution is -0.177. The van der Waals surface area contributed by atoms with Crippen molar-refractivity contribution in [1.82, 2.24) is 0 Å². The molecule has 4 rings (SSSR count). The Morgan fingerprint density at radius 2 is 1.87 bits per heavy atom. The van der Waals surface area contributed by atoms with Crippen molar-refractivity contribution in [1.29, 1.82) is 0 Å². The molecule has 5 heteroatoms. The quantitative estimate of drug-likeness (QED) is 0.525. The van der Waals surface area contributed by atoms with Gasteiger partial charge in [0.2, 0.25) is 0 Å². The number of rotatable bonds is 4. The molecule has 1 unspecified atom stereocenters. The van der Waals surface area contributed by atoms with E-state index in [4.69, 9.17) is 4.74 Å². The van der Waals surface area contributed by atoms with Gasteiger partial charge in [0.15, 0.2) is 5.78 Å². The molecule has 0 aromatic heterocycles. The molecule has 5 nitrogen and oxygen atoms in total. The highest BCUT2D eigenvalue weighted by atomic mass is 16.6. The van der Waals surface area contributed by atoms with Crippen molar-refractivity contribution in [3.05, 3.63) is 23.3 Å². The Morgan fingerprint density at radius 3 is 2.45 bits per heavy atom. The van der Waals surface area contributed by atoms with Gasteiger partial charge in [-0.2, -0.15) is 0 Å². The van der Waals surface area contributed by atoms with Crippen molar-refractivity contribution in [2.75, 3.05) is 6.61 Å². The fourth-order valence-corrected chi connectivity index (χ4v) is 7.08. The van der Waals surface area contributed by atoms with Crippen LogP contribution in [0.4, 0.5) is 0 Å². The number of carbonyl (C=O) groups excluding carboxylic acids is 2. The van der Waals surface area contributed by atoms with Gasteiger partial charge in [0.25, 0.3) is 0 Å². The molecule has 0 radical (unpaired) electrons. The summed E-state index contributed by atoms with van der Waals surface area (Å²) in [5, 5.41) is 22.3. The minimum Gasteiger partial charge on any atom is -0.458 e. The second-order valence-electron chi connectivity index (χ2n) is 11.6. The standard InChI is InChI=1S/C26H38O5/c1-13(2)16(5)23(29)31-25-11-15(4)26(30)19-8-14(3)21(28)18(19)9-17(12-27)10-20(26)22(25)24(25,6)7/h8,10,13,15-16,18-20,22,27,30H,9,11-12H2,1-7H3/t15-,16?,18+,19-,20+,22-,25+,26+/m1/s1. The van der Waals surface area contributed by atoms with Crippen LogP contribution in [0.25, 0.3) is 0 Å². The van der Waals surface area contributed by atoms with Crippen LogP contribution < -0.4 is 0 Å². The molecule has 0 amide bonds. The van der Waals surface area contributed by atoms with E-state index in [0.29, 0.717) is 18.4 Å². The number of ketones is 1. The molecule has 172 valence electrons. The Morgan fingerprint density at radius 1 is 1.23 bits per heavy atom. The topological polar surface area (TPSA) is 83.8 Å². The number of Topliss-reactive ketones (excluding diaryl/α,β-unsaturated/α-hetero) is 1. The first-order valence-corrected chi connectivity index (χ1v) is 11.8. The van der Waals surface area contributed by atoms with Gasteiger partial charge < -0.3 is 14.9 Å². The zero-order valence-corrected chi connectivity index (χ0v) is 19.9. The average molecular weight is 431 g/mol. The van der Waals surface area contributed by atoms with Crippen LogP contribution in [0.15, 0.2) is 23.3 Å². The van der Waals surface area contributed by atoms with Crippen LogP contribution in [-0.4, -0.2) is 39.8 Å². The number of allylic oxidation sites excluding steroid dienone is 1. The van der Waals surface area contributed by atoms with Crippen LogP contribution in [0.3, 0.4) is 0 Å². The summed E-state index contributed by atoms with van der Waals surface area (Å²) in [7, 11) is 0. The second-order valence-corrected chi connectivity index (χ2v) is 11.6. The van der Waals surface area contributed by atoms with E-state index in [9.17, 15) is 19.8 Å². The third-order valence-electron chi connectivity index (χ3n) is 9.46. The van der Waals surface area contributed by atoms with Gasteiger partial charge in [-0.1, -0.05) is 53.7 Å². The number of aliphatic hydroxyl groups is 2. The fourth-order valence-electron chi connectivity index (χ4n) is 7.08. The Hall–Kier alpha value is -1.46. The SMILES string of the molecule is CC1=C[C@@H]2[C@H](CC(CO)=C[C@H]3[C@@H]4C(C)(C)[C@]4(OC(=O)C(C)C(C)C)C[C@@H](C)[C@]23O)C1=O. The molecule has 2 fully saturated rings. The summed E-state index contributed by atoms with van der Waals surface area (Å²) >= 11 is 0. The van der Waals surface area contributed by atoms with Crippen molar-refractivity contribution in [2.45, 2.75) is 72.5 Å². The van der Waals surface area contributed by atoms with E-state index in [1.807, 2.05) is 46.8 Å². The predicted molar refractivity (Wildman–Crippen MR) is 118 cm³/mol. The molecule has 4 aliphatic rings. The third kappa shape index (κ3) is 2.88. The van der Waals surface area contributed by atoms with E-state index in [2.05, 4.69) is 13.8 Å². The van der Waals surface area contributed by atoms with Crippen LogP contribution in [0, 0.1) is 46.8 Å². The molecule has 2 N–H and O–H groups in total. The molecule has 0 aromatic rings. The van der Waals surface area contributed by atoms with Crippen LogP contribution in [-0.2, 0) is 14.3 Å². The Labute approximate surface area is 185 Å². The van der Waals surface area contributed by atoms with Gasteiger partial charge in [-0.25, -0.2) is 0 Å². The van der Waals surface area contributed by atoms with Gasteiger partial charge in [0.1, 0.15) is 5.60 Å². The van der Waals surface area contributed by atoms with Crippen LogP contribution in [0.2, 0.25) is 0 Å². The minimum atomic E-state index is -1.10. The summed E-state index contributed by atoms with van der Waals surface area (Å²) in [6.45, 7) is 13.9. The van der Waals surface area contributed by atoms with Gasteiger partial charge in [-0.3, -0.25) is 9.59 Å². The zero-order chi connectivity index (χ0) is 23.1. The zero-order valence-electron chi connectivity index (χ0n) is 19.9. The van der Waals surface area contributed by atoms with E-state index < -0.39 is 11.2 Å². The number of carbonyl (C=O) groups is 2. The van der Waals surface area contributed by atoms with Gasteiger partial charge in [0.05, 0.1) is 18.1 Å². The molecule has 31 heavy (non-hydrogen) atoms. The minimum absolute atomic E-state index is 0.0470. The van der Waals surface area contributed by atoms with Gasteiger partial charge >= 0.3 is 5.97 Å². The van der Waals surface area contributed by atoms with Crippen molar-refractivity contribution >= 4 is 11.8 Å². The lowest BCUT2D eigenvalue weighted by Gasteiger charge is -2.49. The predicted octanol–water partition coefficient (Wildman–Crippen LogP) is 3.69. The maximum atomic E-state index is 13.0. The maximum Gasteiger partial charge on any atom is 0.309 e. The number of fused-ring (bicyclic) bond motifs is 5. The summed E-state index contributed by atoms with van der Waals surface area (Å²) in [5.74, 6) is -1.18. The molecule has 0 heterocycles. The second kappa shape index (κ2) is 7.02. The molecule has 8 atom stereocenters. The fraction of sp³-hybridized carbons (Fsp3) is 0.769. The molecule has 2 saturated carbocycles. The van der Waals surface area contributed by atoms with Crippen molar-refractivity contribution in [3.8, 4) is 0 Å². The Kier molecular flexibility index (Phi) is 5.14. The molecule has 0 bridgehead atoms. The number of hydrogen-bond acceptors (Lipinski definition) is 5. The first kappa shape index (κ1) is 22.7. The Bertz CT molecular complexity index is 867.